The first-order valence-electron chi connectivity index (χ1n) is 9.63. The molecule has 0 atom stereocenters. The zero-order valence-corrected chi connectivity index (χ0v) is 18.8. The predicted molar refractivity (Wildman–Crippen MR) is 126 cm³/mol. The monoisotopic (exact) mass is 481 g/mol. The van der Waals surface area contributed by atoms with Gasteiger partial charge in [-0.05, 0) is 49.4 Å². The van der Waals surface area contributed by atoms with Crippen molar-refractivity contribution in [3.05, 3.63) is 82.3 Å². The maximum Gasteiger partial charge on any atom is 0.271 e. The van der Waals surface area contributed by atoms with Crippen LogP contribution in [0.1, 0.15) is 5.69 Å². The molecule has 0 spiro atoms. The lowest BCUT2D eigenvalue weighted by Crippen LogP contribution is -2.14. The molecule has 2 aromatic heterocycles. The second kappa shape index (κ2) is 9.84. The number of carbonyl (C=O) groups is 1. The first kappa shape index (κ1) is 22.5. The van der Waals surface area contributed by atoms with Crippen LogP contribution in [-0.4, -0.2) is 31.8 Å². The molecule has 0 saturated carbocycles. The number of nitrogens with one attached hydrogen (secondary N) is 1. The zero-order valence-electron chi connectivity index (χ0n) is 17.2. The van der Waals surface area contributed by atoms with Crippen molar-refractivity contribution in [3.8, 4) is 21.1 Å². The quantitative estimate of drug-likeness (QED) is 0.215. The fourth-order valence-electron chi connectivity index (χ4n) is 2.90. The second-order valence-electron chi connectivity index (χ2n) is 6.84. The first-order chi connectivity index (χ1) is 15.9. The summed E-state index contributed by atoms with van der Waals surface area (Å²) in [5, 5.41) is 23.2. The Labute approximate surface area is 196 Å². The summed E-state index contributed by atoms with van der Waals surface area (Å²) in [7, 11) is 0. The van der Waals surface area contributed by atoms with E-state index in [0.29, 0.717) is 16.4 Å². The van der Waals surface area contributed by atoms with Gasteiger partial charge in [0.15, 0.2) is 0 Å². The third-order valence-corrected chi connectivity index (χ3v) is 6.60. The van der Waals surface area contributed by atoms with E-state index in [9.17, 15) is 19.3 Å². The van der Waals surface area contributed by atoms with E-state index in [0.717, 1.165) is 21.1 Å². The van der Waals surface area contributed by atoms with E-state index in [1.807, 2.05) is 13.0 Å². The molecule has 0 radical (unpaired) electrons. The van der Waals surface area contributed by atoms with Crippen LogP contribution >= 0.6 is 23.1 Å². The Bertz CT molecular complexity index is 1310. The number of aryl methyl sites for hydroxylation is 1. The number of anilines is 1. The molecule has 0 saturated heterocycles. The van der Waals surface area contributed by atoms with Gasteiger partial charge in [0.2, 0.25) is 5.91 Å². The molecule has 4 aromatic rings. The molecule has 2 heterocycles. The van der Waals surface area contributed by atoms with Gasteiger partial charge in [-0.3, -0.25) is 14.9 Å². The number of amides is 1. The summed E-state index contributed by atoms with van der Waals surface area (Å²) in [6.45, 7) is 1.88. The number of non-ortho nitro benzene ring substituents is 1. The van der Waals surface area contributed by atoms with Crippen LogP contribution in [0.2, 0.25) is 0 Å². The number of thiazole rings is 1. The zero-order chi connectivity index (χ0) is 23.4. The van der Waals surface area contributed by atoms with E-state index in [4.69, 9.17) is 0 Å². The van der Waals surface area contributed by atoms with Gasteiger partial charge in [0.05, 0.1) is 21.2 Å². The lowest BCUT2D eigenvalue weighted by atomic mass is 10.2. The number of aromatic nitrogens is 3. The molecule has 0 unspecified atom stereocenters. The normalized spacial score (nSPS) is 10.7. The largest absolute Gasteiger partial charge is 0.325 e. The molecule has 166 valence electrons. The molecule has 8 nitrogen and oxygen atoms in total. The van der Waals surface area contributed by atoms with Crippen molar-refractivity contribution >= 4 is 40.4 Å². The Hall–Kier alpha value is -3.70. The van der Waals surface area contributed by atoms with Crippen molar-refractivity contribution in [2.75, 3.05) is 11.1 Å². The van der Waals surface area contributed by atoms with Crippen molar-refractivity contribution in [1.82, 2.24) is 15.2 Å². The number of rotatable bonds is 7. The third-order valence-electron chi connectivity index (χ3n) is 4.45. The Balaban J connectivity index is 1.39. The van der Waals surface area contributed by atoms with Crippen LogP contribution in [0.15, 0.2) is 65.7 Å². The Morgan fingerprint density at radius 3 is 2.64 bits per heavy atom. The lowest BCUT2D eigenvalue weighted by Gasteiger charge is -2.05. The molecule has 0 aliphatic rings. The number of nitrogens with zero attached hydrogens (tertiary/aromatic N) is 4. The van der Waals surface area contributed by atoms with Gasteiger partial charge in [0, 0.05) is 23.4 Å². The number of hydrogen-bond donors (Lipinski definition) is 1. The summed E-state index contributed by atoms with van der Waals surface area (Å²) in [6.07, 6.45) is 0. The number of hydrogen-bond acceptors (Lipinski definition) is 8. The van der Waals surface area contributed by atoms with Crippen LogP contribution in [0.25, 0.3) is 21.1 Å². The minimum atomic E-state index is -0.519. The Morgan fingerprint density at radius 2 is 1.94 bits per heavy atom. The van der Waals surface area contributed by atoms with Gasteiger partial charge in [0.1, 0.15) is 21.5 Å². The van der Waals surface area contributed by atoms with Crippen LogP contribution < -0.4 is 5.32 Å². The van der Waals surface area contributed by atoms with Crippen LogP contribution in [0.3, 0.4) is 0 Å². The minimum Gasteiger partial charge on any atom is -0.325 e. The topological polar surface area (TPSA) is 111 Å². The van der Waals surface area contributed by atoms with E-state index < -0.39 is 4.92 Å². The lowest BCUT2D eigenvalue weighted by molar-refractivity contribution is -0.384. The number of carbonyl (C=O) groups excluding carboxylic acids is 1. The molecule has 4 rings (SSSR count). The number of benzene rings is 2. The molecule has 0 aliphatic carbocycles. The molecular formula is C22H16FN5O3S2. The number of halogens is 1. The average Bonchev–Trinajstić information content (AvgIpc) is 3.20. The first-order valence-corrected chi connectivity index (χ1v) is 11.4. The average molecular weight is 482 g/mol. The highest BCUT2D eigenvalue weighted by Gasteiger charge is 2.14. The summed E-state index contributed by atoms with van der Waals surface area (Å²) in [6, 6.07) is 15.5. The molecule has 0 aliphatic heterocycles. The highest BCUT2D eigenvalue weighted by Crippen LogP contribution is 2.34. The Morgan fingerprint density at radius 1 is 1.15 bits per heavy atom. The van der Waals surface area contributed by atoms with E-state index in [1.54, 1.807) is 24.3 Å². The van der Waals surface area contributed by atoms with Gasteiger partial charge in [-0.15, -0.1) is 21.5 Å². The molecule has 33 heavy (non-hydrogen) atoms. The van der Waals surface area contributed by atoms with Crippen molar-refractivity contribution in [3.63, 3.8) is 0 Å². The maximum atomic E-state index is 13.2. The highest BCUT2D eigenvalue weighted by molar-refractivity contribution is 7.99. The summed E-state index contributed by atoms with van der Waals surface area (Å²) in [4.78, 5) is 27.9. The molecule has 11 heteroatoms. The van der Waals surface area contributed by atoms with Crippen LogP contribution in [0, 0.1) is 22.9 Å². The number of nitro groups is 1. The van der Waals surface area contributed by atoms with Crippen molar-refractivity contribution in [2.45, 2.75) is 11.9 Å². The van der Waals surface area contributed by atoms with Gasteiger partial charge >= 0.3 is 0 Å². The Kier molecular flexibility index (Phi) is 6.71. The highest BCUT2D eigenvalue weighted by atomic mass is 32.2. The molecule has 0 fully saturated rings. The van der Waals surface area contributed by atoms with Gasteiger partial charge in [0.25, 0.3) is 5.69 Å². The predicted octanol–water partition coefficient (Wildman–Crippen LogP) is 5.35. The fourth-order valence-corrected chi connectivity index (χ4v) is 4.55. The summed E-state index contributed by atoms with van der Waals surface area (Å²) in [5.41, 5.74) is 2.54. The van der Waals surface area contributed by atoms with Crippen molar-refractivity contribution < 1.29 is 14.1 Å². The van der Waals surface area contributed by atoms with Crippen LogP contribution in [0.4, 0.5) is 15.8 Å². The SMILES string of the molecule is Cc1nc(-c2ccc(F)cc2)sc1-c1ccc(SCC(=O)Nc2cccc([N+](=O)[O-])c2)nn1. The number of nitro benzene ring substituents is 1. The van der Waals surface area contributed by atoms with Gasteiger partial charge in [-0.1, -0.05) is 17.8 Å². The molecule has 0 bridgehead atoms. The van der Waals surface area contributed by atoms with E-state index in [-0.39, 0.29) is 23.2 Å². The van der Waals surface area contributed by atoms with Gasteiger partial charge in [-0.25, -0.2) is 9.37 Å². The van der Waals surface area contributed by atoms with E-state index >= 15 is 0 Å². The second-order valence-corrected chi connectivity index (χ2v) is 8.84. The van der Waals surface area contributed by atoms with Gasteiger partial charge < -0.3 is 5.32 Å². The van der Waals surface area contributed by atoms with E-state index in [1.165, 1.54) is 53.4 Å². The summed E-state index contributed by atoms with van der Waals surface area (Å²) in [5.74, 6) is -0.538. The molecular weight excluding hydrogens is 465 g/mol. The third kappa shape index (κ3) is 5.57. The summed E-state index contributed by atoms with van der Waals surface area (Å²) >= 11 is 2.65. The molecule has 2 aromatic carbocycles. The van der Waals surface area contributed by atoms with Crippen molar-refractivity contribution in [1.29, 1.82) is 0 Å². The standard InChI is InChI=1S/C22H16FN5O3S2/c1-13-21(33-22(24-13)14-5-7-15(23)8-6-14)18-9-10-20(27-26-18)32-12-19(29)25-16-3-2-4-17(11-16)28(30)31/h2-11H,12H2,1H3,(H,25,29). The van der Waals surface area contributed by atoms with E-state index in [2.05, 4.69) is 20.5 Å². The minimum absolute atomic E-state index is 0.0744. The van der Waals surface area contributed by atoms with Crippen molar-refractivity contribution in [2.24, 2.45) is 0 Å². The summed E-state index contributed by atoms with van der Waals surface area (Å²) < 4.78 is 13.2. The fraction of sp³-hybridized carbons (Fsp3) is 0.0909. The van der Waals surface area contributed by atoms with Crippen LogP contribution in [-0.2, 0) is 4.79 Å². The maximum absolute atomic E-state index is 13.2. The molecule has 1 amide bonds. The smallest absolute Gasteiger partial charge is 0.271 e. The number of thioether (sulfide) groups is 1. The molecule has 1 N–H and O–H groups in total. The van der Waals surface area contributed by atoms with Gasteiger partial charge in [-0.2, -0.15) is 0 Å². The van der Waals surface area contributed by atoms with Crippen LogP contribution in [0.5, 0.6) is 0 Å².